The lowest BCUT2D eigenvalue weighted by Crippen LogP contribution is -2.22. The molecule has 242 valence electrons. The van der Waals surface area contributed by atoms with Crippen LogP contribution in [0, 0.1) is 5.82 Å². The predicted octanol–water partition coefficient (Wildman–Crippen LogP) is 6.38. The van der Waals surface area contributed by atoms with Crippen molar-refractivity contribution in [3.63, 3.8) is 0 Å². The molecule has 0 radical (unpaired) electrons. The highest BCUT2D eigenvalue weighted by Crippen LogP contribution is 2.42. The average molecular weight is 631 g/mol. The number of amides is 1. The number of benzene rings is 3. The highest BCUT2D eigenvalue weighted by Gasteiger charge is 2.31. The quantitative estimate of drug-likeness (QED) is 0.119. The number of carbonyl (C=O) groups excluding carboxylic acids is 2. The van der Waals surface area contributed by atoms with Gasteiger partial charge in [0.25, 0.3) is 5.91 Å². The maximum Gasteiger partial charge on any atom is 0.305 e. The number of nitrogens with zero attached hydrogens (tertiary/aromatic N) is 1. The van der Waals surface area contributed by atoms with Crippen molar-refractivity contribution in [3.05, 3.63) is 102 Å². The van der Waals surface area contributed by atoms with Crippen LogP contribution in [0.5, 0.6) is 0 Å². The van der Waals surface area contributed by atoms with Gasteiger partial charge in [0, 0.05) is 30.4 Å². The second-order valence-corrected chi connectivity index (χ2v) is 11.5. The number of aliphatic carboxylic acids is 1. The number of esters is 1. The number of carboxylic acid groups (broad SMARTS) is 1. The van der Waals surface area contributed by atoms with Crippen molar-refractivity contribution < 1.29 is 38.8 Å². The summed E-state index contributed by atoms with van der Waals surface area (Å²) in [5, 5.41) is 32.9. The Morgan fingerprint density at radius 1 is 0.891 bits per heavy atom. The first-order chi connectivity index (χ1) is 21.9. The van der Waals surface area contributed by atoms with Gasteiger partial charge in [0.05, 0.1) is 29.9 Å². The summed E-state index contributed by atoms with van der Waals surface area (Å²) < 4.78 is 21.1. The number of nitrogens with one attached hydrogen (secondary N) is 1. The highest BCUT2D eigenvalue weighted by atomic mass is 19.1. The molecule has 9 nitrogen and oxygen atoms in total. The minimum Gasteiger partial charge on any atom is -0.481 e. The Labute approximate surface area is 267 Å². The van der Waals surface area contributed by atoms with Crippen LogP contribution in [0.15, 0.2) is 78.9 Å². The number of rotatable bonds is 14. The molecule has 0 fully saturated rings. The van der Waals surface area contributed by atoms with Crippen LogP contribution in [-0.4, -0.2) is 49.9 Å². The number of halogens is 1. The first kappa shape index (κ1) is 34.1. The van der Waals surface area contributed by atoms with Crippen molar-refractivity contribution in [2.24, 2.45) is 0 Å². The number of aliphatic hydroxyl groups is 2. The van der Waals surface area contributed by atoms with Crippen molar-refractivity contribution in [1.29, 1.82) is 0 Å². The van der Waals surface area contributed by atoms with E-state index in [2.05, 4.69) is 5.32 Å². The molecular weight excluding hydrogens is 591 g/mol. The number of carbonyl (C=O) groups is 3. The Morgan fingerprint density at radius 3 is 2.13 bits per heavy atom. The minimum absolute atomic E-state index is 0.113. The molecule has 4 aromatic rings. The monoisotopic (exact) mass is 630 g/mol. The van der Waals surface area contributed by atoms with Crippen LogP contribution < -0.4 is 5.32 Å². The van der Waals surface area contributed by atoms with Crippen LogP contribution in [0.25, 0.3) is 22.4 Å². The first-order valence-corrected chi connectivity index (χ1v) is 15.1. The van der Waals surface area contributed by atoms with Crippen LogP contribution in [0.3, 0.4) is 0 Å². The van der Waals surface area contributed by atoms with Gasteiger partial charge in [0.2, 0.25) is 0 Å². The van der Waals surface area contributed by atoms with Gasteiger partial charge in [-0.15, -0.1) is 0 Å². The summed E-state index contributed by atoms with van der Waals surface area (Å²) in [5.74, 6) is -2.50. The van der Waals surface area contributed by atoms with E-state index in [9.17, 15) is 29.0 Å². The molecule has 46 heavy (non-hydrogen) atoms. The number of aromatic nitrogens is 1. The maximum atomic E-state index is 14.3. The highest BCUT2D eigenvalue weighted by molar-refractivity contribution is 6.12. The van der Waals surface area contributed by atoms with E-state index in [0.29, 0.717) is 33.8 Å². The van der Waals surface area contributed by atoms with Crippen LogP contribution >= 0.6 is 0 Å². The minimum atomic E-state index is -1.21. The summed E-state index contributed by atoms with van der Waals surface area (Å²) in [6.45, 7) is 5.61. The van der Waals surface area contributed by atoms with Gasteiger partial charge in [-0.05, 0) is 71.8 Å². The molecule has 0 aliphatic carbocycles. The Morgan fingerprint density at radius 2 is 1.54 bits per heavy atom. The summed E-state index contributed by atoms with van der Waals surface area (Å²) in [7, 11) is 0. The molecule has 1 aromatic heterocycles. The van der Waals surface area contributed by atoms with E-state index in [1.54, 1.807) is 36.4 Å². The first-order valence-electron chi connectivity index (χ1n) is 15.1. The van der Waals surface area contributed by atoms with Crippen molar-refractivity contribution in [2.45, 2.75) is 71.3 Å². The molecule has 0 spiro atoms. The molecule has 0 aliphatic heterocycles. The smallest absolute Gasteiger partial charge is 0.305 e. The molecule has 0 unspecified atom stereocenters. The van der Waals surface area contributed by atoms with Gasteiger partial charge in [-0.1, -0.05) is 56.3 Å². The van der Waals surface area contributed by atoms with Gasteiger partial charge in [-0.2, -0.15) is 0 Å². The lowest BCUT2D eigenvalue weighted by Gasteiger charge is -2.20. The molecule has 1 amide bonds. The summed E-state index contributed by atoms with van der Waals surface area (Å²) in [5.41, 5.74) is 5.14. The molecule has 2 atom stereocenters. The standard InChI is InChI=1S/C36H39FN2O7/c1-22(2)34-33(36(45)38-28-15-9-24(10-16-28)21-46-23(3)40)32(25-7-5-4-6-8-25)35(26-11-13-27(37)14-12-26)39(34)18-17-29(41)19-30(42)20-31(43)44/h4-16,22,29-30,41-42H,17-21H2,1-3H3,(H,38,45)(H,43,44)/t29-,30-/m1/s1. The second-order valence-electron chi connectivity index (χ2n) is 11.5. The second kappa shape index (κ2) is 15.5. The lowest BCUT2D eigenvalue weighted by molar-refractivity contribution is -0.142. The normalized spacial score (nSPS) is 12.5. The summed E-state index contributed by atoms with van der Waals surface area (Å²) in [6.07, 6.45) is -2.66. The third kappa shape index (κ3) is 8.68. The van der Waals surface area contributed by atoms with Gasteiger partial charge in [-0.3, -0.25) is 14.4 Å². The number of aliphatic hydroxyl groups excluding tert-OH is 2. The fourth-order valence-corrected chi connectivity index (χ4v) is 5.55. The zero-order chi connectivity index (χ0) is 33.4. The molecule has 0 bridgehead atoms. The summed E-state index contributed by atoms with van der Waals surface area (Å²) in [6, 6.07) is 22.4. The molecule has 1 heterocycles. The van der Waals surface area contributed by atoms with E-state index in [-0.39, 0.29) is 37.8 Å². The molecule has 10 heteroatoms. The van der Waals surface area contributed by atoms with Crippen molar-refractivity contribution >= 4 is 23.5 Å². The van der Waals surface area contributed by atoms with E-state index < -0.39 is 36.4 Å². The van der Waals surface area contributed by atoms with Crippen LogP contribution in [0.1, 0.15) is 67.6 Å². The van der Waals surface area contributed by atoms with Crippen molar-refractivity contribution in [2.75, 3.05) is 5.32 Å². The molecule has 0 saturated carbocycles. The molecule has 3 aromatic carbocycles. The SMILES string of the molecule is CC(=O)OCc1ccc(NC(=O)c2c(-c3ccccc3)c(-c3ccc(F)cc3)n(CC[C@@H](O)C[C@@H](O)CC(=O)O)c2C(C)C)cc1. The van der Waals surface area contributed by atoms with Gasteiger partial charge >= 0.3 is 11.9 Å². The average Bonchev–Trinajstić information content (AvgIpc) is 3.35. The van der Waals surface area contributed by atoms with E-state index in [0.717, 1.165) is 11.1 Å². The van der Waals surface area contributed by atoms with E-state index >= 15 is 0 Å². The summed E-state index contributed by atoms with van der Waals surface area (Å²) in [4.78, 5) is 36.5. The third-order valence-corrected chi connectivity index (χ3v) is 7.55. The van der Waals surface area contributed by atoms with Gasteiger partial charge in [0.1, 0.15) is 12.4 Å². The third-order valence-electron chi connectivity index (χ3n) is 7.55. The summed E-state index contributed by atoms with van der Waals surface area (Å²) >= 11 is 0. The fourth-order valence-electron chi connectivity index (χ4n) is 5.55. The molecule has 4 N–H and O–H groups in total. The number of ether oxygens (including phenoxy) is 1. The molecule has 4 rings (SSSR count). The zero-order valence-electron chi connectivity index (χ0n) is 26.1. The number of hydrogen-bond donors (Lipinski definition) is 4. The molecular formula is C36H39FN2O7. The topological polar surface area (TPSA) is 138 Å². The van der Waals surface area contributed by atoms with Gasteiger partial charge in [0.15, 0.2) is 0 Å². The van der Waals surface area contributed by atoms with Crippen LogP contribution in [0.4, 0.5) is 10.1 Å². The fraction of sp³-hybridized carbons (Fsp3) is 0.306. The van der Waals surface area contributed by atoms with Crippen LogP contribution in [-0.2, 0) is 27.5 Å². The van der Waals surface area contributed by atoms with Gasteiger partial charge in [-0.25, -0.2) is 4.39 Å². The number of carboxylic acids is 1. The molecule has 0 aliphatic rings. The molecule has 0 saturated heterocycles. The van der Waals surface area contributed by atoms with Crippen LogP contribution in [0.2, 0.25) is 0 Å². The van der Waals surface area contributed by atoms with Crippen molar-refractivity contribution in [1.82, 2.24) is 4.57 Å². The Balaban J connectivity index is 1.83. The van der Waals surface area contributed by atoms with Gasteiger partial charge < -0.3 is 29.9 Å². The number of anilines is 1. The van der Waals surface area contributed by atoms with E-state index in [1.807, 2.05) is 48.7 Å². The Kier molecular flexibility index (Phi) is 11.5. The Bertz CT molecular complexity index is 1650. The number of hydrogen-bond acceptors (Lipinski definition) is 6. The van der Waals surface area contributed by atoms with E-state index in [1.165, 1.54) is 19.1 Å². The predicted molar refractivity (Wildman–Crippen MR) is 173 cm³/mol. The Hall–Kier alpha value is -4.80. The maximum absolute atomic E-state index is 14.3. The lowest BCUT2D eigenvalue weighted by atomic mass is 9.94. The van der Waals surface area contributed by atoms with E-state index in [4.69, 9.17) is 9.84 Å². The van der Waals surface area contributed by atoms with Crippen molar-refractivity contribution in [3.8, 4) is 22.4 Å². The largest absolute Gasteiger partial charge is 0.481 e. The zero-order valence-corrected chi connectivity index (χ0v) is 26.1.